The summed E-state index contributed by atoms with van der Waals surface area (Å²) in [6.07, 6.45) is 0. The Hall–Kier alpha value is -1.10. The summed E-state index contributed by atoms with van der Waals surface area (Å²) in [5.74, 6) is -0.861. The van der Waals surface area contributed by atoms with Gasteiger partial charge in [0.2, 0.25) is 5.91 Å². The molecule has 0 saturated carbocycles. The molecule has 1 atom stereocenters. The van der Waals surface area contributed by atoms with Crippen molar-refractivity contribution in [2.24, 2.45) is 11.3 Å². The maximum Gasteiger partial charge on any atom is 0.359 e. The number of quaternary nitrogens is 1. The minimum Gasteiger partial charge on any atom is -0.477 e. The SMILES string of the molecule is CC(C(=O)NCC[N+](C)(C)CC(=O)O)C(C)(C)C. The molecule has 5 nitrogen and oxygen atoms in total. The summed E-state index contributed by atoms with van der Waals surface area (Å²) in [6, 6.07) is 0. The lowest BCUT2D eigenvalue weighted by Crippen LogP contribution is -2.49. The van der Waals surface area contributed by atoms with E-state index in [1.54, 1.807) is 0 Å². The van der Waals surface area contributed by atoms with Crippen LogP contribution >= 0.6 is 0 Å². The molecule has 0 aliphatic rings. The first-order valence-corrected chi connectivity index (χ1v) is 6.27. The summed E-state index contributed by atoms with van der Waals surface area (Å²) in [6.45, 7) is 9.16. The number of likely N-dealkylation sites (N-methyl/N-ethyl adjacent to an activating group) is 1. The third-order valence-electron chi connectivity index (χ3n) is 3.27. The minimum absolute atomic E-state index is 0.0258. The molecule has 0 bridgehead atoms. The molecule has 0 aromatic carbocycles. The highest BCUT2D eigenvalue weighted by Gasteiger charge is 2.27. The van der Waals surface area contributed by atoms with Crippen LogP contribution in [0.25, 0.3) is 0 Å². The monoisotopic (exact) mass is 259 g/mol. The highest BCUT2D eigenvalue weighted by Crippen LogP contribution is 2.25. The molecule has 0 aromatic rings. The van der Waals surface area contributed by atoms with Gasteiger partial charge < -0.3 is 14.9 Å². The zero-order valence-corrected chi connectivity index (χ0v) is 12.4. The Bertz CT molecular complexity index is 306. The molecule has 0 fully saturated rings. The molecule has 5 heteroatoms. The summed E-state index contributed by atoms with van der Waals surface area (Å²) in [7, 11) is 3.68. The van der Waals surface area contributed by atoms with Gasteiger partial charge in [-0.15, -0.1) is 0 Å². The van der Waals surface area contributed by atoms with E-state index in [-0.39, 0.29) is 23.8 Å². The van der Waals surface area contributed by atoms with E-state index in [9.17, 15) is 9.59 Å². The van der Waals surface area contributed by atoms with Crippen molar-refractivity contribution in [3.8, 4) is 0 Å². The molecule has 2 N–H and O–H groups in total. The molecule has 0 heterocycles. The third kappa shape index (κ3) is 6.59. The van der Waals surface area contributed by atoms with E-state index in [2.05, 4.69) is 5.32 Å². The zero-order valence-electron chi connectivity index (χ0n) is 12.4. The molecular weight excluding hydrogens is 232 g/mol. The number of carboxylic acids is 1. The number of aliphatic carboxylic acids is 1. The van der Waals surface area contributed by atoms with Gasteiger partial charge in [-0.1, -0.05) is 27.7 Å². The second kappa shape index (κ2) is 6.18. The molecule has 0 aromatic heterocycles. The van der Waals surface area contributed by atoms with E-state index in [4.69, 9.17) is 5.11 Å². The van der Waals surface area contributed by atoms with Gasteiger partial charge in [0.1, 0.15) is 0 Å². The van der Waals surface area contributed by atoms with Crippen molar-refractivity contribution in [1.29, 1.82) is 0 Å². The second-order valence-electron chi connectivity index (χ2n) is 6.59. The van der Waals surface area contributed by atoms with E-state index in [0.717, 1.165) is 0 Å². The van der Waals surface area contributed by atoms with Crippen molar-refractivity contribution < 1.29 is 19.2 Å². The number of rotatable bonds is 6. The smallest absolute Gasteiger partial charge is 0.359 e. The van der Waals surface area contributed by atoms with Crippen LogP contribution in [-0.4, -0.2) is 55.2 Å². The fourth-order valence-electron chi connectivity index (χ4n) is 1.47. The van der Waals surface area contributed by atoms with Crippen molar-refractivity contribution in [2.45, 2.75) is 27.7 Å². The first-order chi connectivity index (χ1) is 7.96. The number of nitrogens with one attached hydrogen (secondary N) is 1. The summed E-state index contributed by atoms with van der Waals surface area (Å²) >= 11 is 0. The number of carbonyl (C=O) groups excluding carboxylic acids is 1. The van der Waals surface area contributed by atoms with Gasteiger partial charge >= 0.3 is 5.97 Å². The maximum atomic E-state index is 11.9. The molecule has 0 spiro atoms. The number of nitrogens with zero attached hydrogens (tertiary/aromatic N) is 1. The Morgan fingerprint density at radius 2 is 1.78 bits per heavy atom. The topological polar surface area (TPSA) is 66.4 Å². The Balaban J connectivity index is 4.13. The van der Waals surface area contributed by atoms with Crippen LogP contribution in [0.5, 0.6) is 0 Å². The Kier molecular flexibility index (Phi) is 5.80. The molecule has 0 rings (SSSR count). The number of carbonyl (C=O) groups is 2. The maximum absolute atomic E-state index is 11.9. The zero-order chi connectivity index (χ0) is 14.6. The normalized spacial score (nSPS) is 14.1. The van der Waals surface area contributed by atoms with Gasteiger partial charge in [0.05, 0.1) is 27.2 Å². The quantitative estimate of drug-likeness (QED) is 0.698. The second-order valence-corrected chi connectivity index (χ2v) is 6.59. The van der Waals surface area contributed by atoms with Crippen LogP contribution in [0.15, 0.2) is 0 Å². The van der Waals surface area contributed by atoms with Crippen molar-refractivity contribution in [3.05, 3.63) is 0 Å². The minimum atomic E-state index is -0.825. The van der Waals surface area contributed by atoms with Crippen LogP contribution in [0.1, 0.15) is 27.7 Å². The van der Waals surface area contributed by atoms with Crippen LogP contribution < -0.4 is 5.32 Å². The Morgan fingerprint density at radius 1 is 1.28 bits per heavy atom. The van der Waals surface area contributed by atoms with Gasteiger partial charge in [-0.05, 0) is 5.41 Å². The van der Waals surface area contributed by atoms with Crippen molar-refractivity contribution >= 4 is 11.9 Å². The molecule has 1 unspecified atom stereocenters. The number of hydrogen-bond donors (Lipinski definition) is 2. The average molecular weight is 259 g/mol. The van der Waals surface area contributed by atoms with E-state index in [1.165, 1.54) is 0 Å². The van der Waals surface area contributed by atoms with Gasteiger partial charge in [0.25, 0.3) is 0 Å². The molecule has 106 valence electrons. The molecule has 0 saturated heterocycles. The fraction of sp³-hybridized carbons (Fsp3) is 0.846. The van der Waals surface area contributed by atoms with E-state index < -0.39 is 5.97 Å². The highest BCUT2D eigenvalue weighted by molar-refractivity contribution is 5.78. The van der Waals surface area contributed by atoms with Crippen LogP contribution in [0.3, 0.4) is 0 Å². The lowest BCUT2D eigenvalue weighted by Gasteiger charge is -2.29. The van der Waals surface area contributed by atoms with Crippen LogP contribution in [-0.2, 0) is 9.59 Å². The molecular formula is C13H27N2O3+. The Morgan fingerprint density at radius 3 is 2.17 bits per heavy atom. The number of hydrogen-bond acceptors (Lipinski definition) is 2. The first kappa shape index (κ1) is 16.9. The van der Waals surface area contributed by atoms with Crippen LogP contribution in [0, 0.1) is 11.3 Å². The largest absolute Gasteiger partial charge is 0.477 e. The van der Waals surface area contributed by atoms with Crippen LogP contribution in [0.4, 0.5) is 0 Å². The fourth-order valence-corrected chi connectivity index (χ4v) is 1.47. The summed E-state index contributed by atoms with van der Waals surface area (Å²) in [4.78, 5) is 22.5. The molecule has 1 amide bonds. The first-order valence-electron chi connectivity index (χ1n) is 6.27. The van der Waals surface area contributed by atoms with Crippen LogP contribution in [0.2, 0.25) is 0 Å². The molecule has 0 radical (unpaired) electrons. The number of carboxylic acid groups (broad SMARTS) is 1. The molecule has 0 aliphatic carbocycles. The highest BCUT2D eigenvalue weighted by atomic mass is 16.4. The van der Waals surface area contributed by atoms with Crippen molar-refractivity contribution in [1.82, 2.24) is 5.32 Å². The lowest BCUT2D eigenvalue weighted by atomic mass is 9.81. The van der Waals surface area contributed by atoms with E-state index >= 15 is 0 Å². The summed E-state index contributed by atoms with van der Waals surface area (Å²) in [5, 5.41) is 11.6. The third-order valence-corrected chi connectivity index (χ3v) is 3.27. The van der Waals surface area contributed by atoms with Gasteiger partial charge in [0, 0.05) is 5.92 Å². The lowest BCUT2D eigenvalue weighted by molar-refractivity contribution is -0.881. The summed E-state index contributed by atoms with van der Waals surface area (Å²) < 4.78 is 0.361. The van der Waals surface area contributed by atoms with Gasteiger partial charge in [-0.2, -0.15) is 0 Å². The van der Waals surface area contributed by atoms with E-state index in [1.807, 2.05) is 41.8 Å². The van der Waals surface area contributed by atoms with Gasteiger partial charge in [-0.3, -0.25) is 4.79 Å². The molecule has 18 heavy (non-hydrogen) atoms. The Labute approximate surface area is 110 Å². The predicted octanol–water partition coefficient (Wildman–Crippen LogP) is 0.946. The van der Waals surface area contributed by atoms with E-state index in [0.29, 0.717) is 17.6 Å². The molecule has 0 aliphatic heterocycles. The van der Waals surface area contributed by atoms with Crippen molar-refractivity contribution in [3.63, 3.8) is 0 Å². The standard InChI is InChI=1S/C13H26N2O3/c1-10(13(2,3)4)12(18)14-7-8-15(5,6)9-11(16)17/h10H,7-9H2,1-6H3,(H-,14,16,17,18)/p+1. The summed E-state index contributed by atoms with van der Waals surface area (Å²) in [5.41, 5.74) is -0.0600. The van der Waals surface area contributed by atoms with Gasteiger partial charge in [0.15, 0.2) is 6.54 Å². The van der Waals surface area contributed by atoms with Crippen molar-refractivity contribution in [2.75, 3.05) is 33.7 Å². The predicted molar refractivity (Wildman–Crippen MR) is 71.1 cm³/mol. The number of amides is 1. The van der Waals surface area contributed by atoms with Gasteiger partial charge in [-0.25, -0.2) is 4.79 Å². The average Bonchev–Trinajstić information content (AvgIpc) is 2.12.